The van der Waals surface area contributed by atoms with E-state index in [0.717, 1.165) is 11.1 Å². The molecule has 0 aromatic heterocycles. The van der Waals surface area contributed by atoms with Crippen LogP contribution in [0.4, 0.5) is 5.69 Å². The highest BCUT2D eigenvalue weighted by atomic mass is 35.5. The summed E-state index contributed by atoms with van der Waals surface area (Å²) in [6, 6.07) is 22.3. The Kier molecular flexibility index (Phi) is 4.49. The second kappa shape index (κ2) is 7.42. The molecule has 0 saturated carbocycles. The number of Topliss-reactive ketones (excluding diaryl/α,β-unsaturated/α-hetero) is 1. The zero-order valence-electron chi connectivity index (χ0n) is 17.5. The first-order valence-electron chi connectivity index (χ1n) is 10.8. The number of fused-ring (bicyclic) bond motifs is 5. The third-order valence-electron chi connectivity index (χ3n) is 6.87. The van der Waals surface area contributed by atoms with E-state index in [1.165, 1.54) is 4.90 Å². The lowest BCUT2D eigenvalue weighted by Crippen LogP contribution is -2.44. The molecule has 4 atom stereocenters. The van der Waals surface area contributed by atoms with Crippen molar-refractivity contribution in [2.24, 2.45) is 11.8 Å². The molecule has 3 aromatic carbocycles. The van der Waals surface area contributed by atoms with Crippen molar-refractivity contribution in [3.8, 4) is 0 Å². The molecule has 3 heterocycles. The predicted molar refractivity (Wildman–Crippen MR) is 126 cm³/mol. The molecule has 33 heavy (non-hydrogen) atoms. The standard InChI is InChI=1S/C27H19ClN2O3/c28-18-12-10-17(11-13-18)25(31)24-22-21(23-20-9-5-4-6-16(20)14-15-29(23)24)26(32)30(27(22)33)19-7-2-1-3-8-19/h1-15,21-24H/t21-,22+,23-,24-/m0/s1. The first kappa shape index (κ1) is 19.9. The Morgan fingerprint density at radius 1 is 0.788 bits per heavy atom. The van der Waals surface area contributed by atoms with Crippen LogP contribution in [0.2, 0.25) is 5.02 Å². The van der Waals surface area contributed by atoms with Crippen LogP contribution < -0.4 is 4.90 Å². The molecule has 2 saturated heterocycles. The highest BCUT2D eigenvalue weighted by molar-refractivity contribution is 6.30. The summed E-state index contributed by atoms with van der Waals surface area (Å²) in [5.74, 6) is -2.21. The van der Waals surface area contributed by atoms with E-state index in [1.54, 1.807) is 48.5 Å². The van der Waals surface area contributed by atoms with Gasteiger partial charge in [-0.05, 0) is 53.6 Å². The summed E-state index contributed by atoms with van der Waals surface area (Å²) < 4.78 is 0. The average molecular weight is 455 g/mol. The number of carbonyl (C=O) groups excluding carboxylic acids is 3. The molecule has 6 rings (SSSR count). The Bertz CT molecular complexity index is 1320. The van der Waals surface area contributed by atoms with Gasteiger partial charge in [0.2, 0.25) is 11.8 Å². The molecule has 0 radical (unpaired) electrons. The lowest BCUT2D eigenvalue weighted by molar-refractivity contribution is -0.123. The van der Waals surface area contributed by atoms with Crippen molar-refractivity contribution >= 4 is 41.0 Å². The van der Waals surface area contributed by atoms with Crippen LogP contribution in [0.25, 0.3) is 6.08 Å². The van der Waals surface area contributed by atoms with Gasteiger partial charge in [-0.2, -0.15) is 0 Å². The maximum Gasteiger partial charge on any atom is 0.240 e. The van der Waals surface area contributed by atoms with Gasteiger partial charge in [0.05, 0.1) is 23.6 Å². The van der Waals surface area contributed by atoms with Gasteiger partial charge in [0, 0.05) is 16.8 Å². The third-order valence-corrected chi connectivity index (χ3v) is 7.13. The van der Waals surface area contributed by atoms with Gasteiger partial charge in [0.1, 0.15) is 6.04 Å². The van der Waals surface area contributed by atoms with E-state index in [0.29, 0.717) is 16.3 Å². The van der Waals surface area contributed by atoms with Crippen molar-refractivity contribution in [1.82, 2.24) is 4.90 Å². The summed E-state index contributed by atoms with van der Waals surface area (Å²) >= 11 is 6.02. The number of anilines is 1. The van der Waals surface area contributed by atoms with Crippen LogP contribution in [-0.4, -0.2) is 28.5 Å². The molecule has 2 fully saturated rings. The summed E-state index contributed by atoms with van der Waals surface area (Å²) in [5, 5.41) is 0.530. The molecule has 6 heteroatoms. The maximum atomic E-state index is 13.8. The Hall–Kier alpha value is -3.70. The van der Waals surface area contributed by atoms with Crippen molar-refractivity contribution in [2.75, 3.05) is 4.90 Å². The number of amides is 2. The summed E-state index contributed by atoms with van der Waals surface area (Å²) in [5.41, 5.74) is 2.95. The van der Waals surface area contributed by atoms with Gasteiger partial charge >= 0.3 is 0 Å². The minimum absolute atomic E-state index is 0.191. The zero-order chi connectivity index (χ0) is 22.7. The molecule has 0 spiro atoms. The van der Waals surface area contributed by atoms with Gasteiger partial charge in [-0.25, -0.2) is 4.90 Å². The smallest absolute Gasteiger partial charge is 0.240 e. The molecule has 2 amide bonds. The molecule has 0 bridgehead atoms. The second-order valence-corrected chi connectivity index (χ2v) is 8.99. The number of halogens is 1. The second-order valence-electron chi connectivity index (χ2n) is 8.55. The minimum atomic E-state index is -0.782. The monoisotopic (exact) mass is 454 g/mol. The average Bonchev–Trinajstić information content (AvgIpc) is 3.32. The number of nitrogens with zero attached hydrogens (tertiary/aromatic N) is 2. The molecule has 162 valence electrons. The fourth-order valence-electron chi connectivity index (χ4n) is 5.47. The lowest BCUT2D eigenvalue weighted by Gasteiger charge is -2.35. The minimum Gasteiger partial charge on any atom is -0.358 e. The highest BCUT2D eigenvalue weighted by Gasteiger charge is 2.64. The Morgan fingerprint density at radius 3 is 2.21 bits per heavy atom. The van der Waals surface area contributed by atoms with Crippen molar-refractivity contribution in [1.29, 1.82) is 0 Å². The van der Waals surface area contributed by atoms with Crippen molar-refractivity contribution in [3.63, 3.8) is 0 Å². The molecule has 3 aliphatic heterocycles. The Balaban J connectivity index is 1.50. The summed E-state index contributed by atoms with van der Waals surface area (Å²) in [6.45, 7) is 0. The Labute approximate surface area is 195 Å². The van der Waals surface area contributed by atoms with Crippen LogP contribution in [0.3, 0.4) is 0 Å². The summed E-state index contributed by atoms with van der Waals surface area (Å²) in [4.78, 5) is 44.4. The summed E-state index contributed by atoms with van der Waals surface area (Å²) in [6.07, 6.45) is 3.80. The van der Waals surface area contributed by atoms with Crippen molar-refractivity contribution < 1.29 is 14.4 Å². The van der Waals surface area contributed by atoms with Crippen LogP contribution in [0.1, 0.15) is 27.5 Å². The lowest BCUT2D eigenvalue weighted by atomic mass is 9.83. The van der Waals surface area contributed by atoms with Crippen LogP contribution in [0, 0.1) is 11.8 Å². The molecule has 0 unspecified atom stereocenters. The molecular formula is C27H19ClN2O3. The molecule has 3 aliphatic rings. The molecule has 0 aliphatic carbocycles. The van der Waals surface area contributed by atoms with E-state index in [1.807, 2.05) is 47.5 Å². The zero-order valence-corrected chi connectivity index (χ0v) is 18.2. The number of benzene rings is 3. The maximum absolute atomic E-state index is 13.8. The van der Waals surface area contributed by atoms with Crippen LogP contribution in [-0.2, 0) is 9.59 Å². The molecule has 3 aromatic rings. The number of rotatable bonds is 3. The molecular weight excluding hydrogens is 436 g/mol. The normalized spacial score (nSPS) is 25.1. The topological polar surface area (TPSA) is 57.7 Å². The third kappa shape index (κ3) is 2.89. The Morgan fingerprint density at radius 2 is 1.45 bits per heavy atom. The van der Waals surface area contributed by atoms with Crippen LogP contribution in [0.5, 0.6) is 0 Å². The van der Waals surface area contributed by atoms with Crippen LogP contribution >= 0.6 is 11.6 Å². The fraction of sp³-hybridized carbons (Fsp3) is 0.148. The summed E-state index contributed by atoms with van der Waals surface area (Å²) in [7, 11) is 0. The fourth-order valence-corrected chi connectivity index (χ4v) is 5.60. The number of hydrogen-bond acceptors (Lipinski definition) is 4. The van der Waals surface area contributed by atoms with E-state index in [2.05, 4.69) is 0 Å². The quantitative estimate of drug-likeness (QED) is 0.424. The van der Waals surface area contributed by atoms with Crippen molar-refractivity contribution in [3.05, 3.63) is 107 Å². The van der Waals surface area contributed by atoms with Gasteiger partial charge < -0.3 is 4.90 Å². The number of hydrogen-bond donors (Lipinski definition) is 0. The van der Waals surface area contributed by atoms with E-state index in [-0.39, 0.29) is 23.6 Å². The van der Waals surface area contributed by atoms with Crippen molar-refractivity contribution in [2.45, 2.75) is 12.1 Å². The SMILES string of the molecule is O=C(c1ccc(Cl)cc1)[C@@H]1[C@@H]2C(=O)N(c3ccccc3)C(=O)[C@@H]2[C@@H]2c3ccccc3C=CN12. The van der Waals surface area contributed by atoms with E-state index >= 15 is 0 Å². The number of carbonyl (C=O) groups is 3. The van der Waals surface area contributed by atoms with Gasteiger partial charge in [0.25, 0.3) is 0 Å². The van der Waals surface area contributed by atoms with Crippen LogP contribution in [0.15, 0.2) is 85.1 Å². The van der Waals surface area contributed by atoms with Gasteiger partial charge in [0.15, 0.2) is 5.78 Å². The van der Waals surface area contributed by atoms with Gasteiger partial charge in [-0.15, -0.1) is 0 Å². The number of imide groups is 1. The largest absolute Gasteiger partial charge is 0.358 e. The molecule has 5 nitrogen and oxygen atoms in total. The van der Waals surface area contributed by atoms with E-state index in [9.17, 15) is 14.4 Å². The van der Waals surface area contributed by atoms with Gasteiger partial charge in [-0.3, -0.25) is 14.4 Å². The van der Waals surface area contributed by atoms with E-state index in [4.69, 9.17) is 11.6 Å². The number of ketones is 1. The molecule has 0 N–H and O–H groups in total. The first-order chi connectivity index (χ1) is 16.1. The number of para-hydroxylation sites is 1. The highest BCUT2D eigenvalue weighted by Crippen LogP contribution is 2.53. The predicted octanol–water partition coefficient (Wildman–Crippen LogP) is 4.74. The first-order valence-corrected chi connectivity index (χ1v) is 11.2. The van der Waals surface area contributed by atoms with E-state index < -0.39 is 17.9 Å². The van der Waals surface area contributed by atoms with Gasteiger partial charge in [-0.1, -0.05) is 54.1 Å².